The molecule has 0 amide bonds. The minimum Gasteiger partial charge on any atom is -0.478 e. The Labute approximate surface area is 124 Å². The number of nitro benzene ring substituents is 1. The summed E-state index contributed by atoms with van der Waals surface area (Å²) in [5, 5.41) is 23.3. The molecular formula is C12H14N2O4S2. The number of carbonyl (C=O) groups is 1. The summed E-state index contributed by atoms with van der Waals surface area (Å²) >= 11 is 3.75. The van der Waals surface area contributed by atoms with Crippen molar-refractivity contribution in [3.8, 4) is 0 Å². The Morgan fingerprint density at radius 2 is 2.30 bits per heavy atom. The van der Waals surface area contributed by atoms with Gasteiger partial charge in [0.25, 0.3) is 5.69 Å². The lowest BCUT2D eigenvalue weighted by atomic mass is 10.1. The SMILES string of the molecule is O=C(O)c1cc([N+](=O)[O-])ccc1NCC1CSCCS1. The maximum atomic E-state index is 11.2. The molecule has 20 heavy (non-hydrogen) atoms. The van der Waals surface area contributed by atoms with E-state index in [2.05, 4.69) is 5.32 Å². The number of hydrogen-bond acceptors (Lipinski definition) is 6. The van der Waals surface area contributed by atoms with Gasteiger partial charge in [-0.05, 0) is 6.07 Å². The first kappa shape index (κ1) is 15.0. The molecule has 108 valence electrons. The third kappa shape index (κ3) is 3.80. The summed E-state index contributed by atoms with van der Waals surface area (Å²) in [5.41, 5.74) is 0.155. The van der Waals surface area contributed by atoms with Crippen molar-refractivity contribution in [2.24, 2.45) is 0 Å². The maximum Gasteiger partial charge on any atom is 0.338 e. The number of nitrogens with zero attached hydrogens (tertiary/aromatic N) is 1. The minimum absolute atomic E-state index is 0.0623. The van der Waals surface area contributed by atoms with Crippen LogP contribution in [0.15, 0.2) is 18.2 Å². The lowest BCUT2D eigenvalue weighted by Gasteiger charge is -2.22. The van der Waals surface area contributed by atoms with Gasteiger partial charge in [-0.15, -0.1) is 0 Å². The molecular weight excluding hydrogens is 300 g/mol. The molecule has 1 aromatic carbocycles. The summed E-state index contributed by atoms with van der Waals surface area (Å²) in [5.74, 6) is 2.12. The first-order valence-electron chi connectivity index (χ1n) is 6.03. The van der Waals surface area contributed by atoms with Gasteiger partial charge in [0.2, 0.25) is 0 Å². The van der Waals surface area contributed by atoms with Crippen molar-refractivity contribution < 1.29 is 14.8 Å². The highest BCUT2D eigenvalue weighted by atomic mass is 32.2. The quantitative estimate of drug-likeness (QED) is 0.637. The number of anilines is 1. The van der Waals surface area contributed by atoms with Crippen LogP contribution in [0.25, 0.3) is 0 Å². The summed E-state index contributed by atoms with van der Waals surface area (Å²) in [6.45, 7) is 0.662. The maximum absolute atomic E-state index is 11.2. The monoisotopic (exact) mass is 314 g/mol. The fourth-order valence-corrected chi connectivity index (χ4v) is 4.47. The van der Waals surface area contributed by atoms with Crippen molar-refractivity contribution in [3.63, 3.8) is 0 Å². The van der Waals surface area contributed by atoms with Crippen LogP contribution in [-0.2, 0) is 0 Å². The molecule has 1 heterocycles. The van der Waals surface area contributed by atoms with Crippen LogP contribution in [0.2, 0.25) is 0 Å². The Morgan fingerprint density at radius 3 is 2.90 bits per heavy atom. The second-order valence-electron chi connectivity index (χ2n) is 4.24. The average Bonchev–Trinajstić information content (AvgIpc) is 2.45. The van der Waals surface area contributed by atoms with E-state index < -0.39 is 10.9 Å². The van der Waals surface area contributed by atoms with Gasteiger partial charge < -0.3 is 10.4 Å². The van der Waals surface area contributed by atoms with Crippen molar-refractivity contribution in [3.05, 3.63) is 33.9 Å². The number of nitro groups is 1. The molecule has 6 nitrogen and oxygen atoms in total. The van der Waals surface area contributed by atoms with Crippen LogP contribution in [0.5, 0.6) is 0 Å². The van der Waals surface area contributed by atoms with Crippen molar-refractivity contribution >= 4 is 40.9 Å². The molecule has 2 rings (SSSR count). The highest BCUT2D eigenvalue weighted by Crippen LogP contribution is 2.26. The molecule has 1 aliphatic heterocycles. The number of thioether (sulfide) groups is 2. The summed E-state index contributed by atoms with van der Waals surface area (Å²) < 4.78 is 0. The zero-order valence-corrected chi connectivity index (χ0v) is 12.2. The fourth-order valence-electron chi connectivity index (χ4n) is 1.86. The van der Waals surface area contributed by atoms with Crippen LogP contribution in [0.3, 0.4) is 0 Å². The Balaban J connectivity index is 2.09. The van der Waals surface area contributed by atoms with E-state index in [9.17, 15) is 14.9 Å². The van der Waals surface area contributed by atoms with Gasteiger partial charge in [0.05, 0.1) is 10.5 Å². The zero-order valence-electron chi connectivity index (χ0n) is 10.6. The molecule has 8 heteroatoms. The Morgan fingerprint density at radius 1 is 1.50 bits per heavy atom. The molecule has 2 N–H and O–H groups in total. The number of benzene rings is 1. The number of carboxylic acids is 1. The summed E-state index contributed by atoms with van der Waals surface area (Å²) in [6.07, 6.45) is 0. The zero-order chi connectivity index (χ0) is 14.5. The molecule has 0 saturated carbocycles. The van der Waals surface area contributed by atoms with Crippen molar-refractivity contribution in [1.29, 1.82) is 0 Å². The van der Waals surface area contributed by atoms with Crippen molar-refractivity contribution in [2.75, 3.05) is 29.1 Å². The van der Waals surface area contributed by atoms with E-state index in [0.29, 0.717) is 17.5 Å². The second-order valence-corrected chi connectivity index (χ2v) is 6.80. The van der Waals surface area contributed by atoms with Crippen LogP contribution in [0.1, 0.15) is 10.4 Å². The molecule has 0 bridgehead atoms. The number of nitrogens with one attached hydrogen (secondary N) is 1. The van der Waals surface area contributed by atoms with Gasteiger partial charge in [-0.2, -0.15) is 23.5 Å². The largest absolute Gasteiger partial charge is 0.478 e. The standard InChI is InChI=1S/C12H14N2O4S2/c15-12(16)10-5-8(14(17)18)1-2-11(10)13-6-9-7-19-3-4-20-9/h1-2,5,9,13H,3-4,6-7H2,(H,15,16). The fraction of sp³-hybridized carbons (Fsp3) is 0.417. The summed E-state index contributed by atoms with van der Waals surface area (Å²) in [7, 11) is 0. The Kier molecular flexibility index (Phi) is 5.13. The molecule has 1 aromatic rings. The molecule has 1 unspecified atom stereocenters. The topological polar surface area (TPSA) is 92.5 Å². The predicted octanol–water partition coefficient (Wildman–Crippen LogP) is 2.55. The van der Waals surface area contributed by atoms with Crippen molar-refractivity contribution in [2.45, 2.75) is 5.25 Å². The molecule has 1 fully saturated rings. The Bertz CT molecular complexity index is 518. The lowest BCUT2D eigenvalue weighted by Crippen LogP contribution is -2.23. The number of aromatic carboxylic acids is 1. The number of rotatable bonds is 5. The van der Waals surface area contributed by atoms with E-state index in [1.54, 1.807) is 0 Å². The van der Waals surface area contributed by atoms with Gasteiger partial charge in [-0.3, -0.25) is 10.1 Å². The van der Waals surface area contributed by atoms with Gasteiger partial charge in [-0.25, -0.2) is 4.79 Å². The van der Waals surface area contributed by atoms with E-state index >= 15 is 0 Å². The molecule has 0 spiro atoms. The van der Waals surface area contributed by atoms with Crippen LogP contribution in [0.4, 0.5) is 11.4 Å². The highest BCUT2D eigenvalue weighted by Gasteiger charge is 2.18. The van der Waals surface area contributed by atoms with E-state index in [4.69, 9.17) is 5.11 Å². The summed E-state index contributed by atoms with van der Waals surface area (Å²) in [6, 6.07) is 3.87. The average molecular weight is 314 g/mol. The number of non-ortho nitro benzene ring substituents is 1. The molecule has 0 aliphatic carbocycles. The summed E-state index contributed by atoms with van der Waals surface area (Å²) in [4.78, 5) is 21.3. The van der Waals surface area contributed by atoms with E-state index in [1.807, 2.05) is 23.5 Å². The Hall–Kier alpha value is -1.41. The first-order valence-corrected chi connectivity index (χ1v) is 8.23. The number of hydrogen-bond donors (Lipinski definition) is 2. The van der Waals surface area contributed by atoms with Gasteiger partial charge in [0.1, 0.15) is 0 Å². The van der Waals surface area contributed by atoms with Gasteiger partial charge in [0, 0.05) is 46.9 Å². The first-order chi connectivity index (χ1) is 9.58. The van der Waals surface area contributed by atoms with Gasteiger partial charge in [0.15, 0.2) is 0 Å². The molecule has 0 radical (unpaired) electrons. The van der Waals surface area contributed by atoms with Crippen LogP contribution >= 0.6 is 23.5 Å². The van der Waals surface area contributed by atoms with Gasteiger partial charge in [-0.1, -0.05) is 0 Å². The molecule has 1 saturated heterocycles. The minimum atomic E-state index is -1.16. The molecule has 0 aromatic heterocycles. The highest BCUT2D eigenvalue weighted by molar-refractivity contribution is 8.06. The lowest BCUT2D eigenvalue weighted by molar-refractivity contribution is -0.384. The van der Waals surface area contributed by atoms with Crippen LogP contribution in [0, 0.1) is 10.1 Å². The van der Waals surface area contributed by atoms with E-state index in [1.165, 1.54) is 12.1 Å². The predicted molar refractivity (Wildman–Crippen MR) is 82.1 cm³/mol. The molecule has 1 aliphatic rings. The third-order valence-electron chi connectivity index (χ3n) is 2.85. The smallest absolute Gasteiger partial charge is 0.338 e. The third-order valence-corrected chi connectivity index (χ3v) is 5.69. The van der Waals surface area contributed by atoms with Gasteiger partial charge >= 0.3 is 5.97 Å². The second kappa shape index (κ2) is 6.85. The van der Waals surface area contributed by atoms with E-state index in [-0.39, 0.29) is 11.3 Å². The van der Waals surface area contributed by atoms with Crippen LogP contribution in [-0.4, -0.2) is 45.1 Å². The normalized spacial score (nSPS) is 18.5. The van der Waals surface area contributed by atoms with Crippen molar-refractivity contribution in [1.82, 2.24) is 0 Å². The number of carboxylic acid groups (broad SMARTS) is 1. The van der Waals surface area contributed by atoms with E-state index in [0.717, 1.165) is 23.3 Å². The van der Waals surface area contributed by atoms with Crippen LogP contribution < -0.4 is 5.32 Å². The molecule has 1 atom stereocenters.